The lowest BCUT2D eigenvalue weighted by atomic mass is 9.99. The van der Waals surface area contributed by atoms with Crippen molar-refractivity contribution in [1.29, 1.82) is 0 Å². The highest BCUT2D eigenvalue weighted by molar-refractivity contribution is 7.17. The molecule has 3 aromatic rings. The average molecular weight is 369 g/mol. The van der Waals surface area contributed by atoms with Crippen LogP contribution in [0.4, 0.5) is 0 Å². The molecule has 4 rings (SSSR count). The maximum Gasteiger partial charge on any atom is 0.260 e. The summed E-state index contributed by atoms with van der Waals surface area (Å²) in [7, 11) is 2.14. The SMILES string of the molecule is Cc1ccc(C)c(-c2csc3nc(CN4CCN(C)CC4)[nH]c(=O)c23)c1. The van der Waals surface area contributed by atoms with E-state index in [1.54, 1.807) is 11.3 Å². The van der Waals surface area contributed by atoms with E-state index in [2.05, 4.69) is 59.3 Å². The number of benzene rings is 1. The molecule has 1 aromatic carbocycles. The van der Waals surface area contributed by atoms with E-state index in [-0.39, 0.29) is 5.56 Å². The van der Waals surface area contributed by atoms with Gasteiger partial charge < -0.3 is 9.88 Å². The van der Waals surface area contributed by atoms with E-state index < -0.39 is 0 Å². The fraction of sp³-hybridized carbons (Fsp3) is 0.400. The van der Waals surface area contributed by atoms with Crippen molar-refractivity contribution in [3.8, 4) is 11.1 Å². The summed E-state index contributed by atoms with van der Waals surface area (Å²) in [6.07, 6.45) is 0. The Bertz CT molecular complexity index is 999. The van der Waals surface area contributed by atoms with Gasteiger partial charge in [0.05, 0.1) is 11.9 Å². The van der Waals surface area contributed by atoms with Crippen molar-refractivity contribution in [1.82, 2.24) is 19.8 Å². The molecule has 0 spiro atoms. The summed E-state index contributed by atoms with van der Waals surface area (Å²) in [6.45, 7) is 9.00. The maximum absolute atomic E-state index is 12.8. The molecule has 0 amide bonds. The summed E-state index contributed by atoms with van der Waals surface area (Å²) in [6, 6.07) is 6.36. The average Bonchev–Trinajstić information content (AvgIpc) is 3.03. The first-order chi connectivity index (χ1) is 12.5. The number of aryl methyl sites for hydroxylation is 2. The summed E-state index contributed by atoms with van der Waals surface area (Å²) in [5.74, 6) is 0.765. The van der Waals surface area contributed by atoms with Crippen LogP contribution in [0.25, 0.3) is 21.3 Å². The highest BCUT2D eigenvalue weighted by Crippen LogP contribution is 2.33. The molecule has 0 radical (unpaired) electrons. The van der Waals surface area contributed by atoms with Crippen LogP contribution in [-0.4, -0.2) is 53.0 Å². The Balaban J connectivity index is 1.69. The third kappa shape index (κ3) is 3.32. The molecule has 3 heterocycles. The smallest absolute Gasteiger partial charge is 0.260 e. The van der Waals surface area contributed by atoms with E-state index >= 15 is 0 Å². The lowest BCUT2D eigenvalue weighted by Crippen LogP contribution is -2.44. The normalized spacial score (nSPS) is 16.4. The summed E-state index contributed by atoms with van der Waals surface area (Å²) >= 11 is 1.56. The van der Waals surface area contributed by atoms with Gasteiger partial charge in [0, 0.05) is 37.1 Å². The molecule has 0 aliphatic carbocycles. The van der Waals surface area contributed by atoms with E-state index in [1.165, 1.54) is 11.1 Å². The van der Waals surface area contributed by atoms with Gasteiger partial charge in [0.25, 0.3) is 5.56 Å². The van der Waals surface area contributed by atoms with Gasteiger partial charge in [-0.2, -0.15) is 0 Å². The van der Waals surface area contributed by atoms with Gasteiger partial charge in [-0.25, -0.2) is 4.98 Å². The molecule has 2 aromatic heterocycles. The van der Waals surface area contributed by atoms with Gasteiger partial charge in [0.1, 0.15) is 10.7 Å². The number of fused-ring (bicyclic) bond motifs is 1. The van der Waals surface area contributed by atoms with Crippen molar-refractivity contribution in [3.63, 3.8) is 0 Å². The Morgan fingerprint density at radius 2 is 1.92 bits per heavy atom. The molecule has 6 heteroatoms. The molecule has 1 aliphatic heterocycles. The molecule has 5 nitrogen and oxygen atoms in total. The van der Waals surface area contributed by atoms with Gasteiger partial charge in [-0.1, -0.05) is 23.8 Å². The summed E-state index contributed by atoms with van der Waals surface area (Å²) in [5, 5.41) is 2.78. The number of piperazine rings is 1. The van der Waals surface area contributed by atoms with Crippen molar-refractivity contribution >= 4 is 21.6 Å². The first-order valence-electron chi connectivity index (χ1n) is 9.00. The summed E-state index contributed by atoms with van der Waals surface area (Å²) < 4.78 is 0. The van der Waals surface area contributed by atoms with Gasteiger partial charge in [-0.05, 0) is 32.0 Å². The molecule has 0 saturated carbocycles. The Morgan fingerprint density at radius 3 is 2.69 bits per heavy atom. The Labute approximate surface area is 157 Å². The van der Waals surface area contributed by atoms with Crippen LogP contribution >= 0.6 is 11.3 Å². The fourth-order valence-corrected chi connectivity index (χ4v) is 4.47. The van der Waals surface area contributed by atoms with Crippen LogP contribution in [0.3, 0.4) is 0 Å². The molecule has 1 saturated heterocycles. The lowest BCUT2D eigenvalue weighted by Gasteiger charge is -2.31. The number of aromatic amines is 1. The van der Waals surface area contributed by atoms with Crippen LogP contribution in [-0.2, 0) is 6.54 Å². The predicted molar refractivity (Wildman–Crippen MR) is 108 cm³/mol. The third-order valence-corrected chi connectivity index (χ3v) is 6.02. The topological polar surface area (TPSA) is 52.2 Å². The lowest BCUT2D eigenvalue weighted by molar-refractivity contribution is 0.145. The number of aromatic nitrogens is 2. The number of hydrogen-bond acceptors (Lipinski definition) is 5. The Hall–Kier alpha value is -2.02. The third-order valence-electron chi connectivity index (χ3n) is 5.15. The molecular formula is C20H24N4OS. The second-order valence-electron chi connectivity index (χ2n) is 7.24. The number of thiophene rings is 1. The van der Waals surface area contributed by atoms with Gasteiger partial charge in [-0.3, -0.25) is 9.69 Å². The van der Waals surface area contributed by atoms with Crippen molar-refractivity contribution in [2.75, 3.05) is 33.2 Å². The second kappa shape index (κ2) is 6.95. The zero-order chi connectivity index (χ0) is 18.3. The molecule has 136 valence electrons. The number of nitrogens with zero attached hydrogens (tertiary/aromatic N) is 3. The first kappa shape index (κ1) is 17.4. The van der Waals surface area contributed by atoms with Crippen molar-refractivity contribution in [2.24, 2.45) is 0 Å². The monoisotopic (exact) mass is 368 g/mol. The van der Waals surface area contributed by atoms with Crippen LogP contribution in [0.1, 0.15) is 17.0 Å². The standard InChI is InChI=1S/C20H24N4OS/c1-13-4-5-14(2)15(10-13)16-12-26-20-18(16)19(25)21-17(22-20)11-24-8-6-23(3)7-9-24/h4-5,10,12H,6-9,11H2,1-3H3,(H,21,22,25). The van der Waals surface area contributed by atoms with E-state index in [4.69, 9.17) is 4.98 Å². The van der Waals surface area contributed by atoms with Gasteiger partial charge >= 0.3 is 0 Å². The predicted octanol–water partition coefficient (Wildman–Crippen LogP) is 3.02. The minimum absolute atomic E-state index is 0.0312. The van der Waals surface area contributed by atoms with E-state index in [0.29, 0.717) is 11.9 Å². The van der Waals surface area contributed by atoms with Crippen LogP contribution in [0.5, 0.6) is 0 Å². The fourth-order valence-electron chi connectivity index (χ4n) is 3.51. The van der Waals surface area contributed by atoms with Gasteiger partial charge in [0.2, 0.25) is 0 Å². The highest BCUT2D eigenvalue weighted by atomic mass is 32.1. The minimum Gasteiger partial charge on any atom is -0.309 e. The van der Waals surface area contributed by atoms with Crippen LogP contribution in [0.2, 0.25) is 0 Å². The maximum atomic E-state index is 12.8. The molecule has 1 fully saturated rings. The van der Waals surface area contributed by atoms with E-state index in [0.717, 1.165) is 48.0 Å². The van der Waals surface area contributed by atoms with E-state index in [1.807, 2.05) is 0 Å². The number of likely N-dealkylation sites (N-methyl/N-ethyl adjacent to an activating group) is 1. The molecule has 0 atom stereocenters. The second-order valence-corrected chi connectivity index (χ2v) is 8.10. The van der Waals surface area contributed by atoms with Gasteiger partial charge in [-0.15, -0.1) is 11.3 Å². The number of H-pyrrole nitrogens is 1. The van der Waals surface area contributed by atoms with Crippen molar-refractivity contribution < 1.29 is 0 Å². The van der Waals surface area contributed by atoms with Crippen LogP contribution < -0.4 is 5.56 Å². The molecule has 1 aliphatic rings. The van der Waals surface area contributed by atoms with E-state index in [9.17, 15) is 4.79 Å². The number of hydrogen-bond donors (Lipinski definition) is 1. The Kier molecular flexibility index (Phi) is 4.65. The minimum atomic E-state index is -0.0312. The Morgan fingerprint density at radius 1 is 1.15 bits per heavy atom. The number of nitrogens with one attached hydrogen (secondary N) is 1. The molecular weight excluding hydrogens is 344 g/mol. The van der Waals surface area contributed by atoms with Crippen LogP contribution in [0, 0.1) is 13.8 Å². The quantitative estimate of drug-likeness (QED) is 0.772. The largest absolute Gasteiger partial charge is 0.309 e. The molecule has 0 unspecified atom stereocenters. The van der Waals surface area contributed by atoms with Crippen LogP contribution in [0.15, 0.2) is 28.4 Å². The summed E-state index contributed by atoms with van der Waals surface area (Å²) in [5.41, 5.74) is 4.45. The van der Waals surface area contributed by atoms with Gasteiger partial charge in [0.15, 0.2) is 0 Å². The van der Waals surface area contributed by atoms with Crippen molar-refractivity contribution in [2.45, 2.75) is 20.4 Å². The molecule has 26 heavy (non-hydrogen) atoms. The number of rotatable bonds is 3. The highest BCUT2D eigenvalue weighted by Gasteiger charge is 2.18. The first-order valence-corrected chi connectivity index (χ1v) is 9.88. The summed E-state index contributed by atoms with van der Waals surface area (Å²) in [4.78, 5) is 26.1. The zero-order valence-corrected chi connectivity index (χ0v) is 16.3. The molecule has 0 bridgehead atoms. The molecule has 1 N–H and O–H groups in total. The zero-order valence-electron chi connectivity index (χ0n) is 15.5. The van der Waals surface area contributed by atoms with Crippen molar-refractivity contribution in [3.05, 3.63) is 50.9 Å².